The summed E-state index contributed by atoms with van der Waals surface area (Å²) < 4.78 is 79.0. The molecule has 1 aliphatic carbocycles. The SMILES string of the molecule is CN(C(=O)C1CCS(=O)(=O)CC1)[C@@H](c1ccc(NC2Cc3cccc(F)c3C2)cn1)C(F)(F)F. The van der Waals surface area contributed by atoms with Crippen LogP contribution in [0.4, 0.5) is 23.2 Å². The van der Waals surface area contributed by atoms with E-state index < -0.39 is 33.9 Å². The van der Waals surface area contributed by atoms with E-state index in [2.05, 4.69) is 10.3 Å². The minimum atomic E-state index is -4.77. The highest BCUT2D eigenvalue weighted by Crippen LogP contribution is 2.38. The fraction of sp³-hybridized carbons (Fsp3) is 0.478. The molecule has 0 spiro atoms. The van der Waals surface area contributed by atoms with Gasteiger partial charge in [0, 0.05) is 19.0 Å². The maximum absolute atomic E-state index is 14.0. The van der Waals surface area contributed by atoms with Gasteiger partial charge in [0.15, 0.2) is 6.04 Å². The Bertz CT molecular complexity index is 1150. The number of alkyl halides is 3. The first kappa shape index (κ1) is 24.4. The first-order chi connectivity index (χ1) is 15.9. The molecule has 1 aliphatic heterocycles. The van der Waals surface area contributed by atoms with Crippen molar-refractivity contribution >= 4 is 21.4 Å². The van der Waals surface area contributed by atoms with Crippen molar-refractivity contribution in [3.8, 4) is 0 Å². The maximum Gasteiger partial charge on any atom is 0.414 e. The average molecular weight is 500 g/mol. The second kappa shape index (κ2) is 9.16. The van der Waals surface area contributed by atoms with Crippen LogP contribution in [0.1, 0.15) is 35.7 Å². The van der Waals surface area contributed by atoms with Gasteiger partial charge in [0.25, 0.3) is 0 Å². The molecular formula is C23H25F4N3O3S. The molecule has 0 saturated carbocycles. The van der Waals surface area contributed by atoms with E-state index >= 15 is 0 Å². The second-order valence-electron chi connectivity index (χ2n) is 8.92. The van der Waals surface area contributed by atoms with Crippen molar-refractivity contribution in [3.05, 3.63) is 59.2 Å². The molecule has 1 fully saturated rings. The van der Waals surface area contributed by atoms with Gasteiger partial charge in [-0.15, -0.1) is 0 Å². The van der Waals surface area contributed by atoms with Gasteiger partial charge in [-0.25, -0.2) is 12.8 Å². The van der Waals surface area contributed by atoms with Gasteiger partial charge in [-0.1, -0.05) is 12.1 Å². The Hall–Kier alpha value is -2.69. The fourth-order valence-corrected chi connectivity index (χ4v) is 6.23. The lowest BCUT2D eigenvalue weighted by Crippen LogP contribution is -2.44. The minimum absolute atomic E-state index is 0.0107. The number of benzene rings is 1. The van der Waals surface area contributed by atoms with Crippen LogP contribution in [0.2, 0.25) is 0 Å². The van der Waals surface area contributed by atoms with Crippen LogP contribution in [0.5, 0.6) is 0 Å². The molecule has 4 rings (SSSR count). The summed E-state index contributed by atoms with van der Waals surface area (Å²) in [5.41, 5.74) is 1.69. The summed E-state index contributed by atoms with van der Waals surface area (Å²) >= 11 is 0. The molecule has 1 saturated heterocycles. The summed E-state index contributed by atoms with van der Waals surface area (Å²) in [4.78, 5) is 17.4. The number of hydrogen-bond donors (Lipinski definition) is 1. The zero-order valence-corrected chi connectivity index (χ0v) is 19.3. The topological polar surface area (TPSA) is 79.4 Å². The molecule has 2 atom stereocenters. The van der Waals surface area contributed by atoms with Crippen molar-refractivity contribution in [1.29, 1.82) is 0 Å². The normalized spacial score (nSPS) is 21.0. The summed E-state index contributed by atoms with van der Waals surface area (Å²) in [5, 5.41) is 3.18. The monoisotopic (exact) mass is 499 g/mol. The van der Waals surface area contributed by atoms with Crippen molar-refractivity contribution in [2.75, 3.05) is 23.9 Å². The van der Waals surface area contributed by atoms with E-state index in [9.17, 15) is 30.8 Å². The quantitative estimate of drug-likeness (QED) is 0.635. The van der Waals surface area contributed by atoms with Gasteiger partial charge >= 0.3 is 6.18 Å². The Kier molecular flexibility index (Phi) is 6.58. The highest BCUT2D eigenvalue weighted by atomic mass is 32.2. The van der Waals surface area contributed by atoms with Gasteiger partial charge in [-0.3, -0.25) is 9.78 Å². The lowest BCUT2D eigenvalue weighted by molar-refractivity contribution is -0.191. The fourth-order valence-electron chi connectivity index (χ4n) is 4.74. The summed E-state index contributed by atoms with van der Waals surface area (Å²) in [6.45, 7) is 0. The number of aromatic nitrogens is 1. The van der Waals surface area contributed by atoms with Crippen LogP contribution in [-0.2, 0) is 27.5 Å². The highest BCUT2D eigenvalue weighted by Gasteiger charge is 2.47. The van der Waals surface area contributed by atoms with E-state index in [4.69, 9.17) is 0 Å². The number of nitrogens with one attached hydrogen (secondary N) is 1. The molecule has 34 heavy (non-hydrogen) atoms. The summed E-state index contributed by atoms with van der Waals surface area (Å²) in [7, 11) is -2.17. The zero-order valence-electron chi connectivity index (χ0n) is 18.5. The van der Waals surface area contributed by atoms with Crippen LogP contribution in [0.15, 0.2) is 36.5 Å². The van der Waals surface area contributed by atoms with Crippen LogP contribution in [0.25, 0.3) is 0 Å². The molecule has 1 aromatic carbocycles. The lowest BCUT2D eigenvalue weighted by Gasteiger charge is -2.33. The second-order valence-corrected chi connectivity index (χ2v) is 11.2. The van der Waals surface area contributed by atoms with Gasteiger partial charge in [-0.05, 0) is 55.0 Å². The smallest absolute Gasteiger partial charge is 0.380 e. The molecule has 2 aromatic rings. The van der Waals surface area contributed by atoms with E-state index in [0.29, 0.717) is 29.0 Å². The van der Waals surface area contributed by atoms with Crippen LogP contribution < -0.4 is 5.32 Å². The van der Waals surface area contributed by atoms with Gasteiger partial charge < -0.3 is 10.2 Å². The van der Waals surface area contributed by atoms with E-state index in [1.807, 2.05) is 6.07 Å². The molecule has 2 heterocycles. The van der Waals surface area contributed by atoms with E-state index in [-0.39, 0.29) is 41.9 Å². The van der Waals surface area contributed by atoms with Gasteiger partial charge in [0.1, 0.15) is 15.7 Å². The molecule has 1 aromatic heterocycles. The molecule has 1 unspecified atom stereocenters. The maximum atomic E-state index is 14.0. The van der Waals surface area contributed by atoms with Crippen LogP contribution in [0.3, 0.4) is 0 Å². The zero-order chi connectivity index (χ0) is 24.7. The van der Waals surface area contributed by atoms with Crippen LogP contribution in [-0.4, -0.2) is 55.0 Å². The molecule has 6 nitrogen and oxygen atoms in total. The first-order valence-electron chi connectivity index (χ1n) is 11.0. The number of hydrogen-bond acceptors (Lipinski definition) is 5. The molecule has 1 amide bonds. The molecule has 1 N–H and O–H groups in total. The standard InChI is InChI=1S/C23H25F4N3O3S/c1-30(22(31)14-7-9-34(32,33)10-8-14)21(23(25,26)27)20-6-5-16(13-28-20)29-17-11-15-3-2-4-19(24)18(15)12-17/h2-6,13-14,17,21,29H,7-12H2,1H3/t17?,21-/m0/s1. The minimum Gasteiger partial charge on any atom is -0.380 e. The Morgan fingerprint density at radius 2 is 1.85 bits per heavy atom. The Morgan fingerprint density at radius 1 is 1.15 bits per heavy atom. The molecule has 2 aliphatic rings. The Morgan fingerprint density at radius 3 is 2.44 bits per heavy atom. The number of fused-ring (bicyclic) bond motifs is 1. The number of rotatable bonds is 5. The highest BCUT2D eigenvalue weighted by molar-refractivity contribution is 7.91. The summed E-state index contributed by atoms with van der Waals surface area (Å²) in [6.07, 6.45) is -2.41. The number of sulfone groups is 1. The van der Waals surface area contributed by atoms with Gasteiger partial charge in [0.05, 0.1) is 29.1 Å². The summed E-state index contributed by atoms with van der Waals surface area (Å²) in [6, 6.07) is 5.23. The van der Waals surface area contributed by atoms with Crippen molar-refractivity contribution in [3.63, 3.8) is 0 Å². The third-order valence-electron chi connectivity index (χ3n) is 6.52. The van der Waals surface area contributed by atoms with Crippen molar-refractivity contribution in [1.82, 2.24) is 9.88 Å². The van der Waals surface area contributed by atoms with E-state index in [1.54, 1.807) is 6.07 Å². The third-order valence-corrected chi connectivity index (χ3v) is 8.23. The van der Waals surface area contributed by atoms with E-state index in [1.165, 1.54) is 24.4 Å². The number of halogens is 4. The molecule has 0 bridgehead atoms. The van der Waals surface area contributed by atoms with Crippen molar-refractivity contribution in [2.45, 2.75) is 43.9 Å². The first-order valence-corrected chi connectivity index (χ1v) is 12.8. The third kappa shape index (κ3) is 5.18. The number of amides is 1. The van der Waals surface area contributed by atoms with Crippen molar-refractivity contribution in [2.24, 2.45) is 5.92 Å². The predicted molar refractivity (Wildman–Crippen MR) is 118 cm³/mol. The van der Waals surface area contributed by atoms with E-state index in [0.717, 1.165) is 12.6 Å². The number of pyridine rings is 1. The Balaban J connectivity index is 1.46. The van der Waals surface area contributed by atoms with Gasteiger partial charge in [0.2, 0.25) is 5.91 Å². The molecule has 0 radical (unpaired) electrons. The van der Waals surface area contributed by atoms with Crippen molar-refractivity contribution < 1.29 is 30.8 Å². The number of carbonyl (C=O) groups is 1. The lowest BCUT2D eigenvalue weighted by atomic mass is 9.99. The number of carbonyl (C=O) groups excluding carboxylic acids is 1. The largest absolute Gasteiger partial charge is 0.414 e. The number of nitrogens with zero attached hydrogens (tertiary/aromatic N) is 2. The average Bonchev–Trinajstić information content (AvgIpc) is 3.17. The van der Waals surface area contributed by atoms with Gasteiger partial charge in [-0.2, -0.15) is 13.2 Å². The number of anilines is 1. The molecule has 11 heteroatoms. The Labute approximate surface area is 195 Å². The molecule has 184 valence electrons. The van der Waals surface area contributed by atoms with Crippen LogP contribution in [0, 0.1) is 11.7 Å². The summed E-state index contributed by atoms with van der Waals surface area (Å²) in [5.74, 6) is -2.20. The predicted octanol–water partition coefficient (Wildman–Crippen LogP) is 3.69. The van der Waals surface area contributed by atoms with Crippen LogP contribution >= 0.6 is 0 Å². The molecular weight excluding hydrogens is 474 g/mol.